The molecule has 4 nitrogen and oxygen atoms in total. The Bertz CT molecular complexity index is 514. The first-order valence-corrected chi connectivity index (χ1v) is 7.56. The molecule has 0 saturated heterocycles. The molecule has 21 heavy (non-hydrogen) atoms. The van der Waals surface area contributed by atoms with Crippen LogP contribution in [0.15, 0.2) is 30.9 Å². The minimum atomic E-state index is -0.0581. The van der Waals surface area contributed by atoms with Crippen molar-refractivity contribution in [2.75, 3.05) is 12.3 Å². The Kier molecular flexibility index (Phi) is 5.26. The molecule has 1 aromatic carbocycles. The Morgan fingerprint density at radius 2 is 2.24 bits per heavy atom. The number of hydrogen-bond acceptors (Lipinski definition) is 3. The average molecular weight is 288 g/mol. The molecule has 0 aromatic heterocycles. The highest BCUT2D eigenvalue weighted by molar-refractivity contribution is 5.95. The van der Waals surface area contributed by atoms with Crippen molar-refractivity contribution in [3.8, 4) is 5.75 Å². The molecular formula is C17H24N2O2. The number of amides is 1. The van der Waals surface area contributed by atoms with E-state index in [2.05, 4.69) is 18.8 Å². The number of hydrogen-bond donors (Lipinski definition) is 2. The van der Waals surface area contributed by atoms with Crippen LogP contribution < -0.4 is 15.8 Å². The summed E-state index contributed by atoms with van der Waals surface area (Å²) < 4.78 is 5.46. The summed E-state index contributed by atoms with van der Waals surface area (Å²) in [5.41, 5.74) is 6.96. The molecule has 3 N–H and O–H groups in total. The molecule has 114 valence electrons. The number of carbonyl (C=O) groups is 1. The van der Waals surface area contributed by atoms with Gasteiger partial charge in [0.1, 0.15) is 12.4 Å². The van der Waals surface area contributed by atoms with Crippen molar-refractivity contribution in [2.24, 2.45) is 5.92 Å². The monoisotopic (exact) mass is 288 g/mol. The maximum atomic E-state index is 12.4. The quantitative estimate of drug-likeness (QED) is 0.646. The molecule has 1 aromatic rings. The third-order valence-electron chi connectivity index (χ3n) is 4.06. The minimum Gasteiger partial charge on any atom is -0.487 e. The van der Waals surface area contributed by atoms with Gasteiger partial charge in [0.05, 0.1) is 5.69 Å². The first-order chi connectivity index (χ1) is 10.1. The Hall–Kier alpha value is -1.97. The summed E-state index contributed by atoms with van der Waals surface area (Å²) in [6.45, 7) is 6.17. The molecule has 1 saturated carbocycles. The van der Waals surface area contributed by atoms with Crippen molar-refractivity contribution in [1.82, 2.24) is 5.32 Å². The molecule has 4 heteroatoms. The van der Waals surface area contributed by atoms with Gasteiger partial charge in [0.15, 0.2) is 0 Å². The van der Waals surface area contributed by atoms with Gasteiger partial charge < -0.3 is 15.8 Å². The van der Waals surface area contributed by atoms with E-state index >= 15 is 0 Å². The van der Waals surface area contributed by atoms with E-state index in [1.54, 1.807) is 24.3 Å². The van der Waals surface area contributed by atoms with Gasteiger partial charge in [-0.1, -0.05) is 32.4 Å². The van der Waals surface area contributed by atoms with Crippen LogP contribution in [0.3, 0.4) is 0 Å². The number of anilines is 1. The van der Waals surface area contributed by atoms with Crippen LogP contribution in [0, 0.1) is 5.92 Å². The number of benzene rings is 1. The predicted octanol–water partition coefficient (Wildman–Crippen LogP) is 3.14. The van der Waals surface area contributed by atoms with Gasteiger partial charge in [-0.05, 0) is 37.0 Å². The number of nitrogen functional groups attached to an aromatic ring is 1. The lowest BCUT2D eigenvalue weighted by Crippen LogP contribution is -2.41. The second-order valence-electron chi connectivity index (χ2n) is 5.69. The van der Waals surface area contributed by atoms with E-state index in [0.29, 0.717) is 29.5 Å². The first-order valence-electron chi connectivity index (χ1n) is 7.56. The van der Waals surface area contributed by atoms with Gasteiger partial charge >= 0.3 is 0 Å². The predicted molar refractivity (Wildman–Crippen MR) is 85.4 cm³/mol. The zero-order valence-electron chi connectivity index (χ0n) is 12.6. The summed E-state index contributed by atoms with van der Waals surface area (Å²) in [4.78, 5) is 12.4. The summed E-state index contributed by atoms with van der Waals surface area (Å²) in [6.07, 6.45) is 6.33. The van der Waals surface area contributed by atoms with Crippen molar-refractivity contribution in [2.45, 2.75) is 38.6 Å². The lowest BCUT2D eigenvalue weighted by Gasteiger charge is -2.29. The summed E-state index contributed by atoms with van der Waals surface area (Å²) >= 11 is 0. The van der Waals surface area contributed by atoms with Gasteiger partial charge in [0, 0.05) is 11.6 Å². The zero-order chi connectivity index (χ0) is 15.2. The van der Waals surface area contributed by atoms with Gasteiger partial charge in [-0.3, -0.25) is 4.79 Å². The number of nitrogens with two attached hydrogens (primary N) is 1. The molecule has 1 fully saturated rings. The number of carbonyl (C=O) groups excluding carboxylic acids is 1. The fourth-order valence-corrected chi connectivity index (χ4v) is 2.73. The van der Waals surface area contributed by atoms with Gasteiger partial charge in [0.25, 0.3) is 5.91 Å². The van der Waals surface area contributed by atoms with Crippen LogP contribution >= 0.6 is 0 Å². The summed E-state index contributed by atoms with van der Waals surface area (Å²) in [7, 11) is 0. The van der Waals surface area contributed by atoms with Crippen LogP contribution in [-0.2, 0) is 0 Å². The molecule has 1 amide bonds. The second kappa shape index (κ2) is 7.16. The molecule has 0 heterocycles. The molecule has 2 unspecified atom stereocenters. The highest BCUT2D eigenvalue weighted by Gasteiger charge is 2.23. The van der Waals surface area contributed by atoms with Crippen LogP contribution in [0.5, 0.6) is 5.75 Å². The molecule has 0 aliphatic heterocycles. The van der Waals surface area contributed by atoms with Gasteiger partial charge in [-0.25, -0.2) is 0 Å². The molecule has 1 aliphatic rings. The largest absolute Gasteiger partial charge is 0.487 e. The molecule has 0 radical (unpaired) electrons. The molecule has 0 bridgehead atoms. The molecule has 0 spiro atoms. The first kappa shape index (κ1) is 15.4. The van der Waals surface area contributed by atoms with Crippen LogP contribution in [0.2, 0.25) is 0 Å². The molecule has 2 rings (SSSR count). The Morgan fingerprint density at radius 3 is 2.95 bits per heavy atom. The number of rotatable bonds is 5. The minimum absolute atomic E-state index is 0.0581. The van der Waals surface area contributed by atoms with Crippen LogP contribution in [0.25, 0.3) is 0 Å². The van der Waals surface area contributed by atoms with E-state index in [0.717, 1.165) is 6.42 Å². The van der Waals surface area contributed by atoms with Crippen molar-refractivity contribution in [1.29, 1.82) is 0 Å². The van der Waals surface area contributed by atoms with Gasteiger partial charge in [-0.15, -0.1) is 0 Å². The topological polar surface area (TPSA) is 64.3 Å². The van der Waals surface area contributed by atoms with Crippen LogP contribution in [0.1, 0.15) is 43.0 Å². The summed E-state index contributed by atoms with van der Waals surface area (Å²) in [5, 5.41) is 3.13. The number of nitrogens with one attached hydrogen (secondary N) is 1. The smallest absolute Gasteiger partial charge is 0.251 e. The van der Waals surface area contributed by atoms with E-state index in [-0.39, 0.29) is 11.9 Å². The van der Waals surface area contributed by atoms with Crippen LogP contribution in [-0.4, -0.2) is 18.6 Å². The lowest BCUT2D eigenvalue weighted by molar-refractivity contribution is 0.0910. The highest BCUT2D eigenvalue weighted by atomic mass is 16.5. The highest BCUT2D eigenvalue weighted by Crippen LogP contribution is 2.25. The Balaban J connectivity index is 2.06. The lowest BCUT2D eigenvalue weighted by atomic mass is 9.86. The van der Waals surface area contributed by atoms with Crippen molar-refractivity contribution in [3.05, 3.63) is 36.4 Å². The Morgan fingerprint density at radius 1 is 1.48 bits per heavy atom. The van der Waals surface area contributed by atoms with Crippen molar-refractivity contribution < 1.29 is 9.53 Å². The van der Waals surface area contributed by atoms with E-state index in [9.17, 15) is 4.79 Å². The third-order valence-corrected chi connectivity index (χ3v) is 4.06. The van der Waals surface area contributed by atoms with Gasteiger partial charge in [0.2, 0.25) is 0 Å². The fourth-order valence-electron chi connectivity index (χ4n) is 2.73. The third kappa shape index (κ3) is 4.00. The normalized spacial score (nSPS) is 21.6. The molecular weight excluding hydrogens is 264 g/mol. The molecule has 1 aliphatic carbocycles. The summed E-state index contributed by atoms with van der Waals surface area (Å²) in [6, 6.07) is 5.40. The fraction of sp³-hybridized carbons (Fsp3) is 0.471. The van der Waals surface area contributed by atoms with E-state index in [1.807, 2.05) is 0 Å². The van der Waals surface area contributed by atoms with Crippen molar-refractivity contribution in [3.63, 3.8) is 0 Å². The Labute approximate surface area is 126 Å². The van der Waals surface area contributed by atoms with E-state index in [4.69, 9.17) is 10.5 Å². The average Bonchev–Trinajstić information content (AvgIpc) is 2.48. The van der Waals surface area contributed by atoms with Crippen LogP contribution in [0.4, 0.5) is 5.69 Å². The van der Waals surface area contributed by atoms with Crippen molar-refractivity contribution >= 4 is 11.6 Å². The number of ether oxygens (including phenoxy) is 1. The SMILES string of the molecule is C=CCOc1cc(C(=O)NC2CCCCC2C)ccc1N. The van der Waals surface area contributed by atoms with E-state index in [1.165, 1.54) is 19.3 Å². The van der Waals surface area contributed by atoms with Gasteiger partial charge in [-0.2, -0.15) is 0 Å². The zero-order valence-corrected chi connectivity index (χ0v) is 12.6. The maximum absolute atomic E-state index is 12.4. The second-order valence-corrected chi connectivity index (χ2v) is 5.69. The molecule has 2 atom stereocenters. The maximum Gasteiger partial charge on any atom is 0.251 e. The van der Waals surface area contributed by atoms with E-state index < -0.39 is 0 Å². The summed E-state index contributed by atoms with van der Waals surface area (Å²) in [5.74, 6) is 1.00. The standard InChI is InChI=1S/C17H24N2O2/c1-3-10-21-16-11-13(8-9-14(16)18)17(20)19-15-7-5-4-6-12(15)2/h3,8-9,11-12,15H,1,4-7,10,18H2,2H3,(H,19,20).